The van der Waals surface area contributed by atoms with Crippen molar-refractivity contribution in [3.63, 3.8) is 0 Å². The highest BCUT2D eigenvalue weighted by Gasteiger charge is 2.26. The molecule has 0 saturated carbocycles. The molecule has 1 aliphatic heterocycles. The fourth-order valence-electron chi connectivity index (χ4n) is 1.90. The smallest absolute Gasteiger partial charge is 0.408 e. The second kappa shape index (κ2) is 4.96. The summed E-state index contributed by atoms with van der Waals surface area (Å²) in [7, 11) is 0. The molecule has 0 fully saturated rings. The van der Waals surface area contributed by atoms with Crippen molar-refractivity contribution in [2.24, 2.45) is 0 Å². The van der Waals surface area contributed by atoms with Crippen LogP contribution in [0.2, 0.25) is 0 Å². The van der Waals surface area contributed by atoms with Crippen molar-refractivity contribution in [1.82, 2.24) is 5.32 Å². The molecule has 1 heterocycles. The minimum absolute atomic E-state index is 0.259. The van der Waals surface area contributed by atoms with Gasteiger partial charge in [0.1, 0.15) is 18.0 Å². The number of benzene rings is 1. The lowest BCUT2D eigenvalue weighted by molar-refractivity contribution is 0.0502. The van der Waals surface area contributed by atoms with Crippen molar-refractivity contribution < 1.29 is 14.3 Å². The standard InChI is InChI=1S/C15H19NO3/c1-10-11-7-5-6-8-13(11)18-9-12(10)16-14(17)19-15(2,3)4/h5-8,12H,1,9H2,2-4H3,(H,16,17)/t12-/m1/s1. The number of amides is 1. The highest BCUT2D eigenvalue weighted by atomic mass is 16.6. The van der Waals surface area contributed by atoms with Gasteiger partial charge in [0.2, 0.25) is 0 Å². The fraction of sp³-hybridized carbons (Fsp3) is 0.400. The summed E-state index contributed by atoms with van der Waals surface area (Å²) in [6.45, 7) is 9.89. The molecule has 0 bridgehead atoms. The van der Waals surface area contributed by atoms with Crippen LogP contribution < -0.4 is 10.1 Å². The van der Waals surface area contributed by atoms with Gasteiger partial charge in [-0.15, -0.1) is 0 Å². The first-order valence-electron chi connectivity index (χ1n) is 6.27. The van der Waals surface area contributed by atoms with Crippen molar-refractivity contribution >= 4 is 11.7 Å². The third-order valence-electron chi connectivity index (χ3n) is 2.75. The van der Waals surface area contributed by atoms with Gasteiger partial charge in [0, 0.05) is 5.56 Å². The minimum atomic E-state index is -0.515. The number of rotatable bonds is 1. The first-order valence-corrected chi connectivity index (χ1v) is 6.27. The normalized spacial score (nSPS) is 18.3. The third-order valence-corrected chi connectivity index (χ3v) is 2.75. The molecule has 0 aromatic heterocycles. The number of carbonyl (C=O) groups excluding carboxylic acids is 1. The Morgan fingerprint density at radius 1 is 1.42 bits per heavy atom. The number of alkyl carbamates (subject to hydrolysis) is 1. The molecule has 0 unspecified atom stereocenters. The Morgan fingerprint density at radius 2 is 2.11 bits per heavy atom. The lowest BCUT2D eigenvalue weighted by Crippen LogP contribution is -2.44. The number of hydrogen-bond acceptors (Lipinski definition) is 3. The largest absolute Gasteiger partial charge is 0.490 e. The number of para-hydroxylation sites is 1. The quantitative estimate of drug-likeness (QED) is 0.845. The molecule has 1 N–H and O–H groups in total. The van der Waals surface area contributed by atoms with Gasteiger partial charge in [-0.05, 0) is 32.4 Å². The molecule has 1 aromatic rings. The van der Waals surface area contributed by atoms with Gasteiger partial charge in [0.05, 0.1) is 6.04 Å². The van der Waals surface area contributed by atoms with Crippen molar-refractivity contribution in [2.45, 2.75) is 32.4 Å². The summed E-state index contributed by atoms with van der Waals surface area (Å²) in [5.74, 6) is 0.801. The number of nitrogens with one attached hydrogen (secondary N) is 1. The highest BCUT2D eigenvalue weighted by molar-refractivity contribution is 5.78. The van der Waals surface area contributed by atoms with Crippen molar-refractivity contribution in [3.05, 3.63) is 36.4 Å². The second-order valence-corrected chi connectivity index (χ2v) is 5.53. The SMILES string of the molecule is C=C1c2ccccc2OC[C@H]1NC(=O)OC(C)(C)C. The molecule has 4 heteroatoms. The van der Waals surface area contributed by atoms with Crippen LogP contribution in [-0.4, -0.2) is 24.3 Å². The van der Waals surface area contributed by atoms with E-state index in [1.807, 2.05) is 45.0 Å². The predicted molar refractivity (Wildman–Crippen MR) is 74.1 cm³/mol. The van der Waals surface area contributed by atoms with Gasteiger partial charge in [0.25, 0.3) is 0 Å². The van der Waals surface area contributed by atoms with E-state index in [-0.39, 0.29) is 6.04 Å². The Kier molecular flexibility index (Phi) is 3.51. The van der Waals surface area contributed by atoms with Crippen molar-refractivity contribution in [3.8, 4) is 5.75 Å². The summed E-state index contributed by atoms with van der Waals surface area (Å²) >= 11 is 0. The Labute approximate surface area is 113 Å². The van der Waals surface area contributed by atoms with Crippen LogP contribution in [0, 0.1) is 0 Å². The van der Waals surface area contributed by atoms with Crippen LogP contribution in [0.4, 0.5) is 4.79 Å². The maximum Gasteiger partial charge on any atom is 0.408 e. The number of carbonyl (C=O) groups is 1. The molecule has 19 heavy (non-hydrogen) atoms. The summed E-state index contributed by atoms with van der Waals surface area (Å²) in [6, 6.07) is 7.40. The van der Waals surface area contributed by atoms with Crippen molar-refractivity contribution in [1.29, 1.82) is 0 Å². The molecule has 1 atom stereocenters. The van der Waals surface area contributed by atoms with Gasteiger partial charge in [-0.2, -0.15) is 0 Å². The van der Waals surface area contributed by atoms with Crippen LogP contribution >= 0.6 is 0 Å². The van der Waals surface area contributed by atoms with E-state index in [2.05, 4.69) is 11.9 Å². The summed E-state index contributed by atoms with van der Waals surface area (Å²) in [5.41, 5.74) is 1.25. The van der Waals surface area contributed by atoms with E-state index in [1.165, 1.54) is 0 Å². The number of ether oxygens (including phenoxy) is 2. The van der Waals surface area contributed by atoms with Gasteiger partial charge in [0.15, 0.2) is 0 Å². The molecule has 4 nitrogen and oxygen atoms in total. The monoisotopic (exact) mass is 261 g/mol. The first kappa shape index (κ1) is 13.5. The molecular weight excluding hydrogens is 242 g/mol. The van der Waals surface area contributed by atoms with Crippen molar-refractivity contribution in [2.75, 3.05) is 6.61 Å². The van der Waals surface area contributed by atoms with E-state index in [0.29, 0.717) is 6.61 Å². The van der Waals surface area contributed by atoms with Gasteiger partial charge in [-0.1, -0.05) is 24.8 Å². The summed E-state index contributed by atoms with van der Waals surface area (Å²) < 4.78 is 10.8. The summed E-state index contributed by atoms with van der Waals surface area (Å²) in [6.07, 6.45) is -0.457. The van der Waals surface area contributed by atoms with Crippen LogP contribution in [-0.2, 0) is 4.74 Å². The zero-order valence-corrected chi connectivity index (χ0v) is 11.5. The van der Waals surface area contributed by atoms with E-state index in [4.69, 9.17) is 9.47 Å². The number of fused-ring (bicyclic) bond motifs is 1. The zero-order chi connectivity index (χ0) is 14.0. The minimum Gasteiger partial charge on any atom is -0.490 e. The average molecular weight is 261 g/mol. The molecule has 1 aliphatic rings. The van der Waals surface area contributed by atoms with Crippen LogP contribution in [0.3, 0.4) is 0 Å². The molecule has 1 aromatic carbocycles. The first-order chi connectivity index (χ1) is 8.87. The van der Waals surface area contributed by atoms with Crippen LogP contribution in [0.5, 0.6) is 5.75 Å². The van der Waals surface area contributed by atoms with Gasteiger partial charge in [-0.25, -0.2) is 4.79 Å². The van der Waals surface area contributed by atoms with Crippen LogP contribution in [0.1, 0.15) is 26.3 Å². The lowest BCUT2D eigenvalue weighted by Gasteiger charge is -2.29. The van der Waals surface area contributed by atoms with E-state index in [0.717, 1.165) is 16.9 Å². The Balaban J connectivity index is 2.05. The third kappa shape index (κ3) is 3.28. The maximum absolute atomic E-state index is 11.8. The van der Waals surface area contributed by atoms with Gasteiger partial charge < -0.3 is 14.8 Å². The molecule has 0 radical (unpaired) electrons. The van der Waals surface area contributed by atoms with Crippen LogP contribution in [0.25, 0.3) is 5.57 Å². The molecule has 0 aliphatic carbocycles. The maximum atomic E-state index is 11.8. The molecule has 0 saturated heterocycles. The predicted octanol–water partition coefficient (Wildman–Crippen LogP) is 2.99. The molecule has 0 spiro atoms. The lowest BCUT2D eigenvalue weighted by atomic mass is 9.97. The fourth-order valence-corrected chi connectivity index (χ4v) is 1.90. The zero-order valence-electron chi connectivity index (χ0n) is 11.5. The van der Waals surface area contributed by atoms with E-state index in [9.17, 15) is 4.79 Å². The van der Waals surface area contributed by atoms with Gasteiger partial charge >= 0.3 is 6.09 Å². The molecule has 2 rings (SSSR count). The van der Waals surface area contributed by atoms with E-state index >= 15 is 0 Å². The van der Waals surface area contributed by atoms with E-state index in [1.54, 1.807) is 0 Å². The molecular formula is C15H19NO3. The molecule has 1 amide bonds. The average Bonchev–Trinajstić information content (AvgIpc) is 2.31. The second-order valence-electron chi connectivity index (χ2n) is 5.53. The highest BCUT2D eigenvalue weighted by Crippen LogP contribution is 2.31. The van der Waals surface area contributed by atoms with Crippen LogP contribution in [0.15, 0.2) is 30.8 Å². The number of hydrogen-bond donors (Lipinski definition) is 1. The van der Waals surface area contributed by atoms with Gasteiger partial charge in [-0.3, -0.25) is 0 Å². The Bertz CT molecular complexity index is 502. The van der Waals surface area contributed by atoms with E-state index < -0.39 is 11.7 Å². The summed E-state index contributed by atoms with van der Waals surface area (Å²) in [4.78, 5) is 11.8. The summed E-state index contributed by atoms with van der Waals surface area (Å²) in [5, 5.41) is 2.78. The topological polar surface area (TPSA) is 47.6 Å². The molecule has 102 valence electrons. The Morgan fingerprint density at radius 3 is 2.79 bits per heavy atom. The Hall–Kier alpha value is -1.97.